The first kappa shape index (κ1) is 18.0. The molecule has 1 aromatic rings. The zero-order chi connectivity index (χ0) is 16.9. The number of rotatable bonds is 6. The van der Waals surface area contributed by atoms with E-state index in [1.165, 1.54) is 24.3 Å². The minimum absolute atomic E-state index is 0.213. The number of esters is 1. The van der Waals surface area contributed by atoms with Crippen molar-refractivity contribution in [2.24, 2.45) is 0 Å². The Morgan fingerprint density at radius 2 is 1.86 bits per heavy atom. The summed E-state index contributed by atoms with van der Waals surface area (Å²) in [4.78, 5) is 24.7. The van der Waals surface area contributed by atoms with Gasteiger partial charge in [-0.25, -0.2) is 9.18 Å². The maximum absolute atomic E-state index is 13.8. The molecule has 0 aliphatic heterocycles. The summed E-state index contributed by atoms with van der Waals surface area (Å²) in [5, 5.41) is 0. The summed E-state index contributed by atoms with van der Waals surface area (Å²) in [6, 6.07) is 5.43. The fourth-order valence-corrected chi connectivity index (χ4v) is 1.65. The second kappa shape index (κ2) is 7.31. The summed E-state index contributed by atoms with van der Waals surface area (Å²) in [6.07, 6.45) is -0.663. The predicted octanol–water partition coefficient (Wildman–Crippen LogP) is 3.31. The molecule has 120 valence electrons. The lowest BCUT2D eigenvalue weighted by atomic mass is 10.0. The number of ketones is 1. The number of halogens is 1. The number of ether oxygens (including phenoxy) is 2. The van der Waals surface area contributed by atoms with Crippen LogP contribution in [0.25, 0.3) is 0 Å². The van der Waals surface area contributed by atoms with Crippen LogP contribution < -0.4 is 0 Å². The van der Waals surface area contributed by atoms with Gasteiger partial charge in [0.1, 0.15) is 11.4 Å². The zero-order valence-corrected chi connectivity index (χ0v) is 13.3. The molecule has 0 heterocycles. The van der Waals surface area contributed by atoms with E-state index in [2.05, 4.69) is 6.58 Å². The van der Waals surface area contributed by atoms with Gasteiger partial charge in [0.2, 0.25) is 11.9 Å². The fourth-order valence-electron chi connectivity index (χ4n) is 1.65. The maximum Gasteiger partial charge on any atom is 0.344 e. The van der Waals surface area contributed by atoms with Crippen LogP contribution in [0.2, 0.25) is 0 Å². The number of hydrogen-bond donors (Lipinski definition) is 0. The van der Waals surface area contributed by atoms with E-state index >= 15 is 0 Å². The van der Waals surface area contributed by atoms with E-state index in [1.54, 1.807) is 27.7 Å². The van der Waals surface area contributed by atoms with Crippen LogP contribution in [0, 0.1) is 5.82 Å². The van der Waals surface area contributed by atoms with Crippen molar-refractivity contribution in [2.45, 2.75) is 45.5 Å². The van der Waals surface area contributed by atoms with Crippen molar-refractivity contribution in [2.75, 3.05) is 0 Å². The summed E-state index contributed by atoms with van der Waals surface area (Å²) in [5.41, 5.74) is -0.999. The van der Waals surface area contributed by atoms with E-state index in [9.17, 15) is 14.0 Å². The quantitative estimate of drug-likeness (QED) is 0.350. The van der Waals surface area contributed by atoms with Gasteiger partial charge in [0.15, 0.2) is 0 Å². The molecular weight excluding hydrogens is 287 g/mol. The summed E-state index contributed by atoms with van der Waals surface area (Å²) >= 11 is 0. The molecule has 0 aliphatic carbocycles. The van der Waals surface area contributed by atoms with Crippen molar-refractivity contribution in [3.05, 3.63) is 48.3 Å². The molecule has 0 saturated carbocycles. The molecule has 1 aromatic carbocycles. The van der Waals surface area contributed by atoms with Gasteiger partial charge >= 0.3 is 5.97 Å². The molecule has 0 fully saturated rings. The summed E-state index contributed by atoms with van der Waals surface area (Å²) in [7, 11) is 0. The van der Waals surface area contributed by atoms with Crippen molar-refractivity contribution >= 4 is 11.8 Å². The molecule has 0 radical (unpaired) electrons. The minimum atomic E-state index is -1.54. The van der Waals surface area contributed by atoms with Crippen molar-refractivity contribution in [1.82, 2.24) is 0 Å². The smallest absolute Gasteiger partial charge is 0.344 e. The predicted molar refractivity (Wildman–Crippen MR) is 81.1 cm³/mol. The standard InChI is InChI=1S/C17H21FO4/c1-6-11(2)21-15(16(20)22-17(3,4)5)14(19)12-9-7-8-10-13(12)18/h6-11,15H,1H2,2-5H3. The van der Waals surface area contributed by atoms with Crippen LogP contribution in [0.1, 0.15) is 38.1 Å². The van der Waals surface area contributed by atoms with Gasteiger partial charge in [0.25, 0.3) is 0 Å². The molecule has 1 rings (SSSR count). The third kappa shape index (κ3) is 5.07. The lowest BCUT2D eigenvalue weighted by Gasteiger charge is -2.24. The van der Waals surface area contributed by atoms with E-state index in [4.69, 9.17) is 9.47 Å². The number of carbonyl (C=O) groups is 2. The lowest BCUT2D eigenvalue weighted by molar-refractivity contribution is -0.166. The van der Waals surface area contributed by atoms with Crippen LogP contribution in [0.5, 0.6) is 0 Å². The van der Waals surface area contributed by atoms with E-state index in [-0.39, 0.29) is 5.56 Å². The van der Waals surface area contributed by atoms with Crippen LogP contribution in [-0.2, 0) is 14.3 Å². The van der Waals surface area contributed by atoms with Gasteiger partial charge in [-0.3, -0.25) is 4.79 Å². The molecule has 5 heteroatoms. The molecule has 2 unspecified atom stereocenters. The highest BCUT2D eigenvalue weighted by Crippen LogP contribution is 2.17. The molecule has 0 N–H and O–H groups in total. The van der Waals surface area contributed by atoms with E-state index in [0.29, 0.717) is 0 Å². The van der Waals surface area contributed by atoms with E-state index in [0.717, 1.165) is 6.07 Å². The summed E-state index contributed by atoms with van der Waals surface area (Å²) < 4.78 is 24.3. The van der Waals surface area contributed by atoms with Gasteiger partial charge in [-0.2, -0.15) is 0 Å². The van der Waals surface area contributed by atoms with Gasteiger partial charge < -0.3 is 9.47 Å². The number of Topliss-reactive ketones (excluding diaryl/α,β-unsaturated/α-hetero) is 1. The third-order valence-corrected chi connectivity index (χ3v) is 2.68. The Morgan fingerprint density at radius 1 is 1.27 bits per heavy atom. The highest BCUT2D eigenvalue weighted by molar-refractivity contribution is 6.11. The number of hydrogen-bond acceptors (Lipinski definition) is 4. The molecule has 0 aliphatic rings. The Balaban J connectivity index is 3.09. The Hall–Kier alpha value is -2.01. The van der Waals surface area contributed by atoms with Crippen molar-refractivity contribution in [3.8, 4) is 0 Å². The van der Waals surface area contributed by atoms with E-state index in [1.807, 2.05) is 0 Å². The highest BCUT2D eigenvalue weighted by Gasteiger charge is 2.34. The first-order valence-electron chi connectivity index (χ1n) is 6.95. The average molecular weight is 308 g/mol. The Labute approximate surface area is 129 Å². The molecule has 0 bridgehead atoms. The number of benzene rings is 1. The normalized spacial score (nSPS) is 14.0. The van der Waals surface area contributed by atoms with Crippen molar-refractivity contribution in [3.63, 3.8) is 0 Å². The van der Waals surface area contributed by atoms with E-state index < -0.39 is 35.4 Å². The molecule has 2 atom stereocenters. The first-order valence-corrected chi connectivity index (χ1v) is 6.95. The van der Waals surface area contributed by atoms with Crippen LogP contribution >= 0.6 is 0 Å². The van der Waals surface area contributed by atoms with Crippen LogP contribution in [0.4, 0.5) is 4.39 Å². The molecular formula is C17H21FO4. The van der Waals surface area contributed by atoms with Crippen LogP contribution in [-0.4, -0.2) is 29.6 Å². The molecule has 0 saturated heterocycles. The third-order valence-electron chi connectivity index (χ3n) is 2.68. The van der Waals surface area contributed by atoms with Gasteiger partial charge in [0.05, 0.1) is 11.7 Å². The fraction of sp³-hybridized carbons (Fsp3) is 0.412. The summed E-state index contributed by atoms with van der Waals surface area (Å²) in [6.45, 7) is 10.2. The Bertz CT molecular complexity index is 560. The number of carbonyl (C=O) groups excluding carboxylic acids is 2. The highest BCUT2D eigenvalue weighted by atomic mass is 19.1. The topological polar surface area (TPSA) is 52.6 Å². The van der Waals surface area contributed by atoms with Gasteiger partial charge in [-0.15, -0.1) is 6.58 Å². The molecule has 4 nitrogen and oxygen atoms in total. The average Bonchev–Trinajstić information content (AvgIpc) is 2.42. The minimum Gasteiger partial charge on any atom is -0.458 e. The lowest BCUT2D eigenvalue weighted by Crippen LogP contribution is -2.40. The van der Waals surface area contributed by atoms with Crippen molar-refractivity contribution < 1.29 is 23.5 Å². The second-order valence-electron chi connectivity index (χ2n) is 5.83. The van der Waals surface area contributed by atoms with Gasteiger partial charge in [0, 0.05) is 0 Å². The molecule has 0 spiro atoms. The van der Waals surface area contributed by atoms with Gasteiger partial charge in [-0.05, 0) is 39.8 Å². The monoisotopic (exact) mass is 308 g/mol. The molecule has 22 heavy (non-hydrogen) atoms. The first-order chi connectivity index (χ1) is 10.2. The Kier molecular flexibility index (Phi) is 6.00. The zero-order valence-electron chi connectivity index (χ0n) is 13.3. The van der Waals surface area contributed by atoms with Crippen LogP contribution in [0.15, 0.2) is 36.9 Å². The largest absolute Gasteiger partial charge is 0.458 e. The SMILES string of the molecule is C=CC(C)OC(C(=O)OC(C)(C)C)C(=O)c1ccccc1F. The molecule has 0 amide bonds. The Morgan fingerprint density at radius 3 is 2.36 bits per heavy atom. The summed E-state index contributed by atoms with van der Waals surface area (Å²) in [5.74, 6) is -2.34. The molecule has 0 aromatic heterocycles. The van der Waals surface area contributed by atoms with Crippen molar-refractivity contribution in [1.29, 1.82) is 0 Å². The van der Waals surface area contributed by atoms with Crippen LogP contribution in [0.3, 0.4) is 0 Å². The van der Waals surface area contributed by atoms with Gasteiger partial charge in [-0.1, -0.05) is 18.2 Å². The maximum atomic E-state index is 13.8. The second-order valence-corrected chi connectivity index (χ2v) is 5.83.